The van der Waals surface area contributed by atoms with E-state index >= 15 is 0 Å². The van der Waals surface area contributed by atoms with Gasteiger partial charge in [-0.2, -0.15) is 0 Å². The van der Waals surface area contributed by atoms with Crippen molar-refractivity contribution < 1.29 is 14.3 Å². The maximum absolute atomic E-state index is 10.5. The van der Waals surface area contributed by atoms with Crippen molar-refractivity contribution >= 4 is 6.16 Å². The number of rotatable bonds is 0. The van der Waals surface area contributed by atoms with Crippen LogP contribution in [0.2, 0.25) is 0 Å². The van der Waals surface area contributed by atoms with Crippen LogP contribution in [0.1, 0.15) is 6.42 Å². The van der Waals surface area contributed by atoms with Gasteiger partial charge in [-0.15, -0.1) is 0 Å². The Bertz CT molecular complexity index is 185. The molecule has 0 saturated carbocycles. The van der Waals surface area contributed by atoms with Crippen molar-refractivity contribution in [3.8, 4) is 0 Å². The van der Waals surface area contributed by atoms with E-state index in [-0.39, 0.29) is 6.10 Å². The largest absolute Gasteiger partial charge is 0.508 e. The van der Waals surface area contributed by atoms with Crippen molar-refractivity contribution in [1.29, 1.82) is 0 Å². The molecule has 1 fully saturated rings. The molecule has 0 radical (unpaired) electrons. The van der Waals surface area contributed by atoms with E-state index in [1.54, 1.807) is 0 Å². The van der Waals surface area contributed by atoms with E-state index in [0.29, 0.717) is 12.5 Å². The van der Waals surface area contributed by atoms with Gasteiger partial charge in [-0.3, -0.25) is 0 Å². The quantitative estimate of drug-likeness (QED) is 0.373. The van der Waals surface area contributed by atoms with Gasteiger partial charge in [0.15, 0.2) is 0 Å². The highest BCUT2D eigenvalue weighted by molar-refractivity contribution is 5.61. The molecule has 3 nitrogen and oxygen atoms in total. The highest BCUT2D eigenvalue weighted by atomic mass is 16.7. The first-order chi connectivity index (χ1) is 4.86. The van der Waals surface area contributed by atoms with Crippen molar-refractivity contribution in [3.05, 3.63) is 12.2 Å². The molecule has 2 atom stereocenters. The predicted octanol–water partition coefficient (Wildman–Crippen LogP) is 1.10. The molecule has 2 rings (SSSR count). The zero-order valence-corrected chi connectivity index (χ0v) is 5.45. The molecule has 3 heteroatoms. The van der Waals surface area contributed by atoms with Crippen LogP contribution < -0.4 is 0 Å². The molecule has 0 aromatic heterocycles. The van der Waals surface area contributed by atoms with Crippen LogP contribution in [-0.4, -0.2) is 18.9 Å². The van der Waals surface area contributed by atoms with Gasteiger partial charge in [-0.05, 0) is 12.5 Å². The lowest BCUT2D eigenvalue weighted by molar-refractivity contribution is -0.0347. The fraction of sp³-hybridized carbons (Fsp3) is 0.571. The number of hydrogen-bond donors (Lipinski definition) is 0. The molecule has 10 heavy (non-hydrogen) atoms. The maximum Gasteiger partial charge on any atom is 0.508 e. The van der Waals surface area contributed by atoms with Crippen LogP contribution >= 0.6 is 0 Å². The lowest BCUT2D eigenvalue weighted by atomic mass is 10.1. The lowest BCUT2D eigenvalue weighted by Crippen LogP contribution is -2.32. The Balaban J connectivity index is 2.08. The van der Waals surface area contributed by atoms with E-state index in [0.717, 1.165) is 6.42 Å². The molecule has 2 unspecified atom stereocenters. The average Bonchev–Trinajstić information content (AvgIpc) is 2.33. The Morgan fingerprint density at radius 2 is 2.50 bits per heavy atom. The molecule has 54 valence electrons. The molecule has 0 bridgehead atoms. The Hall–Kier alpha value is -0.990. The Morgan fingerprint density at radius 1 is 1.60 bits per heavy atom. The fourth-order valence-corrected chi connectivity index (χ4v) is 1.30. The summed E-state index contributed by atoms with van der Waals surface area (Å²) in [4.78, 5) is 10.5. The molecular weight excluding hydrogens is 132 g/mol. The minimum atomic E-state index is -0.534. The normalized spacial score (nSPS) is 36.6. The maximum atomic E-state index is 10.5. The molecular formula is C7H8O3. The van der Waals surface area contributed by atoms with Crippen LogP contribution in [0.3, 0.4) is 0 Å². The van der Waals surface area contributed by atoms with Gasteiger partial charge in [0.2, 0.25) is 0 Å². The number of allylic oxidation sites excluding steroid dienone is 1. The van der Waals surface area contributed by atoms with E-state index in [1.807, 2.05) is 12.2 Å². The van der Waals surface area contributed by atoms with Gasteiger partial charge in [0, 0.05) is 5.92 Å². The number of carbonyl (C=O) groups is 1. The summed E-state index contributed by atoms with van der Waals surface area (Å²) in [7, 11) is 0. The van der Waals surface area contributed by atoms with Crippen molar-refractivity contribution in [2.24, 2.45) is 5.92 Å². The summed E-state index contributed by atoms with van der Waals surface area (Å²) in [5, 5.41) is 0. The van der Waals surface area contributed by atoms with Crippen LogP contribution in [-0.2, 0) is 9.47 Å². The first-order valence-corrected chi connectivity index (χ1v) is 3.36. The smallest absolute Gasteiger partial charge is 0.434 e. The molecule has 1 aliphatic heterocycles. The van der Waals surface area contributed by atoms with Crippen LogP contribution in [0.5, 0.6) is 0 Å². The third kappa shape index (κ3) is 0.781. The molecule has 0 aromatic rings. The van der Waals surface area contributed by atoms with Crippen molar-refractivity contribution in [2.75, 3.05) is 6.61 Å². The Morgan fingerprint density at radius 3 is 3.40 bits per heavy atom. The first kappa shape index (κ1) is 5.77. The summed E-state index contributed by atoms with van der Waals surface area (Å²) in [6.45, 7) is 0.510. The summed E-state index contributed by atoms with van der Waals surface area (Å²) >= 11 is 0. The highest BCUT2D eigenvalue weighted by Crippen LogP contribution is 2.25. The van der Waals surface area contributed by atoms with Gasteiger partial charge in [-0.25, -0.2) is 4.79 Å². The molecule has 0 spiro atoms. The molecule has 2 aliphatic rings. The standard InChI is InChI=1S/C7H8O3/c8-7-9-4-5-2-1-3-6(5)10-7/h1,3,5-6H,2,4H2. The monoisotopic (exact) mass is 140 g/mol. The van der Waals surface area contributed by atoms with E-state index in [1.165, 1.54) is 0 Å². The lowest BCUT2D eigenvalue weighted by Gasteiger charge is -2.24. The molecule has 1 heterocycles. The Labute approximate surface area is 58.6 Å². The SMILES string of the molecule is O=C1OCC2CC=CC2O1. The summed E-state index contributed by atoms with van der Waals surface area (Å²) in [5.41, 5.74) is 0. The number of hydrogen-bond acceptors (Lipinski definition) is 3. The van der Waals surface area contributed by atoms with Crippen LogP contribution in [0.15, 0.2) is 12.2 Å². The third-order valence-electron chi connectivity index (χ3n) is 1.88. The van der Waals surface area contributed by atoms with Crippen molar-refractivity contribution in [1.82, 2.24) is 0 Å². The average molecular weight is 140 g/mol. The van der Waals surface area contributed by atoms with Gasteiger partial charge in [0.25, 0.3) is 0 Å². The zero-order valence-electron chi connectivity index (χ0n) is 5.45. The minimum absolute atomic E-state index is 0.0127. The second-order valence-corrected chi connectivity index (χ2v) is 2.57. The van der Waals surface area contributed by atoms with Crippen LogP contribution in [0.4, 0.5) is 4.79 Å². The van der Waals surface area contributed by atoms with Gasteiger partial charge < -0.3 is 9.47 Å². The van der Waals surface area contributed by atoms with E-state index < -0.39 is 6.16 Å². The molecule has 0 aromatic carbocycles. The van der Waals surface area contributed by atoms with E-state index in [4.69, 9.17) is 9.47 Å². The van der Waals surface area contributed by atoms with Gasteiger partial charge in [0.05, 0.1) is 0 Å². The summed E-state index contributed by atoms with van der Waals surface area (Å²) in [5.74, 6) is 0.373. The van der Waals surface area contributed by atoms with E-state index in [9.17, 15) is 4.79 Å². The molecule has 0 amide bonds. The molecule has 1 saturated heterocycles. The molecule has 1 aliphatic carbocycles. The second kappa shape index (κ2) is 2.01. The van der Waals surface area contributed by atoms with Crippen LogP contribution in [0, 0.1) is 5.92 Å². The topological polar surface area (TPSA) is 35.5 Å². The second-order valence-electron chi connectivity index (χ2n) is 2.57. The predicted molar refractivity (Wildman–Crippen MR) is 33.5 cm³/mol. The van der Waals surface area contributed by atoms with Gasteiger partial charge in [-0.1, -0.05) is 6.08 Å². The van der Waals surface area contributed by atoms with E-state index in [2.05, 4.69) is 0 Å². The zero-order chi connectivity index (χ0) is 6.97. The number of ether oxygens (including phenoxy) is 2. The molecule has 0 N–H and O–H groups in total. The number of cyclic esters (lactones) is 1. The van der Waals surface area contributed by atoms with Gasteiger partial charge in [0.1, 0.15) is 12.7 Å². The third-order valence-corrected chi connectivity index (χ3v) is 1.88. The van der Waals surface area contributed by atoms with Crippen molar-refractivity contribution in [2.45, 2.75) is 12.5 Å². The first-order valence-electron chi connectivity index (χ1n) is 3.36. The summed E-state index contributed by atoms with van der Waals surface area (Å²) in [6.07, 6.45) is 4.37. The summed E-state index contributed by atoms with van der Waals surface area (Å²) < 4.78 is 9.55. The fourth-order valence-electron chi connectivity index (χ4n) is 1.30. The Kier molecular flexibility index (Phi) is 1.16. The number of fused-ring (bicyclic) bond motifs is 1. The number of carbonyl (C=O) groups excluding carboxylic acids is 1. The van der Waals surface area contributed by atoms with Gasteiger partial charge >= 0.3 is 6.16 Å². The summed E-state index contributed by atoms with van der Waals surface area (Å²) in [6, 6.07) is 0. The highest BCUT2D eigenvalue weighted by Gasteiger charge is 2.32. The minimum Gasteiger partial charge on any atom is -0.434 e. The van der Waals surface area contributed by atoms with Crippen molar-refractivity contribution in [3.63, 3.8) is 0 Å². The van der Waals surface area contributed by atoms with Crippen LogP contribution in [0.25, 0.3) is 0 Å².